The first-order chi connectivity index (χ1) is 11.4. The van der Waals surface area contributed by atoms with Crippen LogP contribution < -0.4 is 11.5 Å². The van der Waals surface area contributed by atoms with Crippen LogP contribution in [0.3, 0.4) is 0 Å². The topological polar surface area (TPSA) is 52.0 Å². The minimum Gasteiger partial charge on any atom is -0.328 e. The summed E-state index contributed by atoms with van der Waals surface area (Å²) in [7, 11) is 0. The number of rotatable bonds is 4. The molecule has 1 unspecified atom stereocenters. The molecule has 0 aromatic rings. The van der Waals surface area contributed by atoms with E-state index in [9.17, 15) is 0 Å². The van der Waals surface area contributed by atoms with Gasteiger partial charge in [-0.05, 0) is 18.9 Å². The molecule has 0 aliphatic rings. The molecule has 1 atom stereocenters. The first-order valence-corrected chi connectivity index (χ1v) is 10.9. The first kappa shape index (κ1) is 43.9. The van der Waals surface area contributed by atoms with Gasteiger partial charge in [0.2, 0.25) is 0 Å². The van der Waals surface area contributed by atoms with Gasteiger partial charge in [0.1, 0.15) is 0 Å². The summed E-state index contributed by atoms with van der Waals surface area (Å²) in [5.74, 6) is 0. The molecular formula is C22H60N2. The zero-order valence-corrected chi connectivity index (χ0v) is 20.6. The summed E-state index contributed by atoms with van der Waals surface area (Å²) < 4.78 is 0. The lowest BCUT2D eigenvalue weighted by Gasteiger charge is -2.03. The van der Waals surface area contributed by atoms with Crippen molar-refractivity contribution in [3.63, 3.8) is 0 Å². The minimum absolute atomic E-state index is 0.333. The highest BCUT2D eigenvalue weighted by molar-refractivity contribution is 4.54. The summed E-state index contributed by atoms with van der Waals surface area (Å²) >= 11 is 0. The highest BCUT2D eigenvalue weighted by Gasteiger charge is 1.92. The molecule has 0 bridgehead atoms. The van der Waals surface area contributed by atoms with Crippen LogP contribution in [0.4, 0.5) is 0 Å². The van der Waals surface area contributed by atoms with Crippen LogP contribution in [0.25, 0.3) is 0 Å². The summed E-state index contributed by atoms with van der Waals surface area (Å²) in [6, 6.07) is 0.782. The van der Waals surface area contributed by atoms with E-state index in [1.54, 1.807) is 0 Å². The van der Waals surface area contributed by atoms with Crippen molar-refractivity contribution in [2.24, 2.45) is 11.5 Å². The van der Waals surface area contributed by atoms with Gasteiger partial charge in [-0.25, -0.2) is 0 Å². The fourth-order valence-electron chi connectivity index (χ4n) is 0.575. The van der Waals surface area contributed by atoms with Gasteiger partial charge in [0.15, 0.2) is 0 Å². The van der Waals surface area contributed by atoms with E-state index >= 15 is 0 Å². The average Bonchev–Trinajstić information content (AvgIpc) is 2.61. The van der Waals surface area contributed by atoms with Gasteiger partial charge in [0.25, 0.3) is 0 Å². The van der Waals surface area contributed by atoms with E-state index < -0.39 is 0 Å². The molecule has 0 heterocycles. The molecule has 0 aromatic heterocycles. The third kappa shape index (κ3) is 274. The Labute approximate surface area is 159 Å². The number of hydrogen-bond acceptors (Lipinski definition) is 2. The first-order valence-electron chi connectivity index (χ1n) is 10.9. The average molecular weight is 353 g/mol. The van der Waals surface area contributed by atoms with E-state index in [4.69, 9.17) is 11.5 Å². The van der Waals surface area contributed by atoms with Crippen LogP contribution >= 0.6 is 0 Å². The van der Waals surface area contributed by atoms with E-state index in [2.05, 4.69) is 41.5 Å². The second-order valence-corrected chi connectivity index (χ2v) is 4.91. The Morgan fingerprint density at radius 1 is 0.583 bits per heavy atom. The van der Waals surface area contributed by atoms with E-state index in [1.165, 1.54) is 32.1 Å². The van der Waals surface area contributed by atoms with Crippen molar-refractivity contribution in [2.75, 3.05) is 0 Å². The Morgan fingerprint density at radius 3 is 0.833 bits per heavy atom. The maximum absolute atomic E-state index is 5.58. The number of hydrogen-bond donors (Lipinski definition) is 2. The number of nitrogens with two attached hydrogens (primary N) is 2. The second kappa shape index (κ2) is 77.5. The standard InChI is InChI=1S/C6H15N.C4H10.C3H9N.C3H8.3C2H6/c1-3-5-6(7)4-2;1-3-4-2;1-3(2)4;1-3-2;3*1-2/h6H,3-5,7H2,1-2H3;3-4H2,1-2H3;3H,4H2,1-2H3;3H2,1-2H3;3*1-2H3. The predicted molar refractivity (Wildman–Crippen MR) is 123 cm³/mol. The smallest absolute Gasteiger partial charge is 0.00361 e. The van der Waals surface area contributed by atoms with Crippen molar-refractivity contribution in [1.82, 2.24) is 0 Å². The number of unbranched alkanes of at least 4 members (excludes halogenated alkanes) is 1. The Bertz CT molecular complexity index is 89.2. The molecule has 2 heteroatoms. The molecule has 0 rings (SSSR count). The summed E-state index contributed by atoms with van der Waals surface area (Å²) in [5, 5.41) is 0. The molecular weight excluding hydrogens is 292 g/mol. The lowest BCUT2D eigenvalue weighted by Crippen LogP contribution is -2.17. The monoisotopic (exact) mass is 352 g/mol. The van der Waals surface area contributed by atoms with Crippen LogP contribution in [0, 0.1) is 0 Å². The molecule has 0 aliphatic carbocycles. The lowest BCUT2D eigenvalue weighted by atomic mass is 10.1. The predicted octanol–water partition coefficient (Wildman–Crippen LogP) is 8.18. The minimum atomic E-state index is 0.333. The fourth-order valence-corrected chi connectivity index (χ4v) is 0.575. The fraction of sp³-hybridized carbons (Fsp3) is 1.00. The van der Waals surface area contributed by atoms with Gasteiger partial charge >= 0.3 is 0 Å². The molecule has 24 heavy (non-hydrogen) atoms. The highest BCUT2D eigenvalue weighted by Crippen LogP contribution is 1.95. The van der Waals surface area contributed by atoms with Crippen molar-refractivity contribution >= 4 is 0 Å². The molecule has 4 N–H and O–H groups in total. The summed E-state index contributed by atoms with van der Waals surface area (Å²) in [4.78, 5) is 0. The van der Waals surface area contributed by atoms with E-state index in [0.29, 0.717) is 12.1 Å². The van der Waals surface area contributed by atoms with Crippen molar-refractivity contribution in [3.8, 4) is 0 Å². The largest absolute Gasteiger partial charge is 0.328 e. The van der Waals surface area contributed by atoms with Crippen molar-refractivity contribution in [1.29, 1.82) is 0 Å². The summed E-state index contributed by atoms with van der Waals surface area (Å²) in [6.45, 7) is 28.8. The van der Waals surface area contributed by atoms with E-state index in [0.717, 1.165) is 6.42 Å². The molecule has 2 nitrogen and oxygen atoms in total. The quantitative estimate of drug-likeness (QED) is 0.535. The maximum Gasteiger partial charge on any atom is 0.00361 e. The molecule has 0 fully saturated rings. The zero-order chi connectivity index (χ0) is 21.4. The molecule has 0 amide bonds. The summed E-state index contributed by atoms with van der Waals surface area (Å²) in [5.41, 5.74) is 10.7. The molecule has 0 radical (unpaired) electrons. The molecule has 158 valence electrons. The van der Waals surface area contributed by atoms with Crippen LogP contribution in [0.2, 0.25) is 0 Å². The molecule has 0 spiro atoms. The van der Waals surface area contributed by atoms with Crippen LogP contribution in [0.15, 0.2) is 0 Å². The summed E-state index contributed by atoms with van der Waals surface area (Å²) in [6.07, 6.45) is 7.40. The van der Waals surface area contributed by atoms with Gasteiger partial charge in [-0.15, -0.1) is 0 Å². The lowest BCUT2D eigenvalue weighted by molar-refractivity contribution is 0.587. The van der Waals surface area contributed by atoms with Crippen LogP contribution in [-0.4, -0.2) is 12.1 Å². The second-order valence-electron chi connectivity index (χ2n) is 4.91. The Balaban J connectivity index is -0.0000000301. The van der Waals surface area contributed by atoms with Crippen LogP contribution in [-0.2, 0) is 0 Å². The van der Waals surface area contributed by atoms with Crippen LogP contribution in [0.1, 0.15) is 135 Å². The molecule has 0 aromatic carbocycles. The van der Waals surface area contributed by atoms with Gasteiger partial charge in [-0.3, -0.25) is 0 Å². The van der Waals surface area contributed by atoms with Crippen molar-refractivity contribution in [2.45, 2.75) is 148 Å². The Kier molecular flexibility index (Phi) is 142. The zero-order valence-electron chi connectivity index (χ0n) is 20.6. The van der Waals surface area contributed by atoms with Gasteiger partial charge in [-0.2, -0.15) is 0 Å². The Morgan fingerprint density at radius 2 is 0.792 bits per heavy atom. The van der Waals surface area contributed by atoms with Gasteiger partial charge < -0.3 is 11.5 Å². The van der Waals surface area contributed by atoms with Crippen molar-refractivity contribution < 1.29 is 0 Å². The normalized spacial score (nSPS) is 8.38. The molecule has 0 aliphatic heterocycles. The van der Waals surface area contributed by atoms with Gasteiger partial charge in [0.05, 0.1) is 0 Å². The van der Waals surface area contributed by atoms with Gasteiger partial charge in [0, 0.05) is 6.04 Å². The highest BCUT2D eigenvalue weighted by atomic mass is 14.6. The SMILES string of the molecule is CC.CC.CC.CC(C)N.CCC.CCCC.CCCC(N)CC. The van der Waals surface area contributed by atoms with E-state index in [1.807, 2.05) is 55.4 Å². The van der Waals surface area contributed by atoms with Crippen LogP contribution in [0.5, 0.6) is 0 Å². The van der Waals surface area contributed by atoms with Gasteiger partial charge in [-0.1, -0.05) is 123 Å². The third-order valence-electron chi connectivity index (χ3n) is 1.68. The Hall–Kier alpha value is -0.0800. The van der Waals surface area contributed by atoms with E-state index in [-0.39, 0.29) is 0 Å². The molecule has 0 saturated heterocycles. The maximum atomic E-state index is 5.58. The van der Waals surface area contributed by atoms with Crippen molar-refractivity contribution in [3.05, 3.63) is 0 Å². The third-order valence-corrected chi connectivity index (χ3v) is 1.68. The molecule has 0 saturated carbocycles.